The Morgan fingerprint density at radius 3 is 2.56 bits per heavy atom. The number of nitrogens with zero attached hydrogens (tertiary/aromatic N) is 1. The van der Waals surface area contributed by atoms with Gasteiger partial charge >= 0.3 is 0 Å². The van der Waals surface area contributed by atoms with Crippen molar-refractivity contribution in [1.29, 1.82) is 0 Å². The first kappa shape index (κ1) is 14.7. The highest BCUT2D eigenvalue weighted by Crippen LogP contribution is 2.16. The average molecular weight is 263 g/mol. The van der Waals surface area contributed by atoms with Gasteiger partial charge < -0.3 is 15.5 Å². The second kappa shape index (κ2) is 7.84. The average Bonchev–Trinajstić information content (AvgIpc) is 2.37. The van der Waals surface area contributed by atoms with Crippen molar-refractivity contribution in [1.82, 2.24) is 15.5 Å². The molecule has 0 aromatic heterocycles. The first-order chi connectivity index (χ1) is 8.65. The van der Waals surface area contributed by atoms with Crippen LogP contribution in [0.1, 0.15) is 11.6 Å². The van der Waals surface area contributed by atoms with Gasteiger partial charge in [0.05, 0.1) is 6.04 Å². The van der Waals surface area contributed by atoms with Gasteiger partial charge in [0.2, 0.25) is 0 Å². The Kier molecular flexibility index (Phi) is 6.39. The van der Waals surface area contributed by atoms with Crippen LogP contribution in [0, 0.1) is 0 Å². The summed E-state index contributed by atoms with van der Waals surface area (Å²) in [5.74, 6) is 0. The van der Waals surface area contributed by atoms with Gasteiger partial charge in [0, 0.05) is 13.1 Å². The Balaban J connectivity index is 2.54. The van der Waals surface area contributed by atoms with Crippen LogP contribution in [0.3, 0.4) is 0 Å². The molecule has 18 heavy (non-hydrogen) atoms. The summed E-state index contributed by atoms with van der Waals surface area (Å²) in [6, 6.07) is 10.7. The molecule has 0 aliphatic rings. The molecule has 0 bridgehead atoms. The molecule has 0 unspecified atom stereocenters. The summed E-state index contributed by atoms with van der Waals surface area (Å²) < 4.78 is 0. The topological polar surface area (TPSA) is 27.3 Å². The molecule has 1 atom stereocenters. The molecule has 0 saturated heterocycles. The zero-order valence-electron chi connectivity index (χ0n) is 11.0. The van der Waals surface area contributed by atoms with Crippen LogP contribution >= 0.6 is 12.2 Å². The number of hydrogen-bond donors (Lipinski definition) is 2. The van der Waals surface area contributed by atoms with Crippen molar-refractivity contribution in [3.63, 3.8) is 0 Å². The maximum Gasteiger partial charge on any atom is 0.166 e. The third-order valence-electron chi connectivity index (χ3n) is 2.67. The van der Waals surface area contributed by atoms with Crippen LogP contribution in [0.2, 0.25) is 0 Å². The molecular formula is C14H21N3S. The van der Waals surface area contributed by atoms with Crippen molar-refractivity contribution in [3.8, 4) is 0 Å². The van der Waals surface area contributed by atoms with Crippen molar-refractivity contribution in [2.24, 2.45) is 0 Å². The van der Waals surface area contributed by atoms with E-state index in [9.17, 15) is 0 Å². The van der Waals surface area contributed by atoms with Gasteiger partial charge in [-0.2, -0.15) is 0 Å². The third-order valence-corrected chi connectivity index (χ3v) is 2.96. The standard InChI is InChI=1S/C14H21N3S/c1-4-10-15-14(18)16-11-13(17(2)3)12-8-6-5-7-9-12/h4-9,13H,1,10-11H2,2-3H3,(H2,15,16,18)/t13-/m1/s1. The van der Waals surface area contributed by atoms with Gasteiger partial charge in [-0.3, -0.25) is 0 Å². The number of hydrogen-bond acceptors (Lipinski definition) is 2. The Labute approximate surface area is 115 Å². The molecule has 4 heteroatoms. The highest BCUT2D eigenvalue weighted by Gasteiger charge is 2.13. The monoisotopic (exact) mass is 263 g/mol. The largest absolute Gasteiger partial charge is 0.361 e. The van der Waals surface area contributed by atoms with Crippen molar-refractivity contribution in [3.05, 3.63) is 48.6 Å². The van der Waals surface area contributed by atoms with Gasteiger partial charge in [0.15, 0.2) is 5.11 Å². The number of thiocarbonyl (C=S) groups is 1. The van der Waals surface area contributed by atoms with E-state index in [0.717, 1.165) is 6.54 Å². The van der Waals surface area contributed by atoms with Crippen molar-refractivity contribution < 1.29 is 0 Å². The molecule has 0 aliphatic carbocycles. The molecule has 3 nitrogen and oxygen atoms in total. The smallest absolute Gasteiger partial charge is 0.166 e. The Hall–Kier alpha value is -1.39. The predicted octanol–water partition coefficient (Wildman–Crippen LogP) is 1.94. The van der Waals surface area contributed by atoms with E-state index in [0.29, 0.717) is 17.7 Å². The van der Waals surface area contributed by atoms with E-state index in [-0.39, 0.29) is 0 Å². The van der Waals surface area contributed by atoms with E-state index in [4.69, 9.17) is 12.2 Å². The van der Waals surface area contributed by atoms with Crippen LogP contribution in [-0.2, 0) is 0 Å². The van der Waals surface area contributed by atoms with Crippen molar-refractivity contribution in [2.45, 2.75) is 6.04 Å². The lowest BCUT2D eigenvalue weighted by molar-refractivity contribution is 0.298. The van der Waals surface area contributed by atoms with Crippen LogP contribution in [0.4, 0.5) is 0 Å². The molecular weight excluding hydrogens is 242 g/mol. The number of rotatable bonds is 6. The molecule has 0 spiro atoms. The molecule has 0 radical (unpaired) electrons. The summed E-state index contributed by atoms with van der Waals surface area (Å²) in [5, 5.41) is 6.95. The summed E-state index contributed by atoms with van der Waals surface area (Å²) >= 11 is 5.19. The lowest BCUT2D eigenvalue weighted by atomic mass is 10.1. The molecule has 1 aromatic carbocycles. The van der Waals surface area contributed by atoms with Gasteiger partial charge in [-0.25, -0.2) is 0 Å². The first-order valence-corrected chi connectivity index (χ1v) is 6.40. The van der Waals surface area contributed by atoms with Gasteiger partial charge in [0.1, 0.15) is 0 Å². The SMILES string of the molecule is C=CCNC(=S)NC[C@H](c1ccccc1)N(C)C. The summed E-state index contributed by atoms with van der Waals surface area (Å²) in [7, 11) is 4.14. The van der Waals surface area contributed by atoms with E-state index in [2.05, 4.69) is 60.5 Å². The van der Waals surface area contributed by atoms with Crippen molar-refractivity contribution in [2.75, 3.05) is 27.2 Å². The Bertz CT molecular complexity index is 376. The zero-order chi connectivity index (χ0) is 13.4. The van der Waals surface area contributed by atoms with Crippen LogP contribution in [0.25, 0.3) is 0 Å². The van der Waals surface area contributed by atoms with Crippen LogP contribution in [0.15, 0.2) is 43.0 Å². The Morgan fingerprint density at radius 2 is 2.00 bits per heavy atom. The first-order valence-electron chi connectivity index (χ1n) is 5.99. The molecule has 2 N–H and O–H groups in total. The van der Waals surface area contributed by atoms with Crippen LogP contribution in [0.5, 0.6) is 0 Å². The third kappa shape index (κ3) is 4.85. The zero-order valence-corrected chi connectivity index (χ0v) is 11.8. The quantitative estimate of drug-likeness (QED) is 0.606. The fourth-order valence-electron chi connectivity index (χ4n) is 1.69. The molecule has 1 rings (SSSR count). The minimum atomic E-state index is 0.301. The summed E-state index contributed by atoms with van der Waals surface area (Å²) in [4.78, 5) is 2.18. The fourth-order valence-corrected chi connectivity index (χ4v) is 1.86. The van der Waals surface area contributed by atoms with E-state index in [1.54, 1.807) is 6.08 Å². The normalized spacial score (nSPS) is 11.9. The fraction of sp³-hybridized carbons (Fsp3) is 0.357. The second-order valence-corrected chi connectivity index (χ2v) is 4.68. The van der Waals surface area contributed by atoms with Gasteiger partial charge in [-0.05, 0) is 31.9 Å². The highest BCUT2D eigenvalue weighted by molar-refractivity contribution is 7.80. The highest BCUT2D eigenvalue weighted by atomic mass is 32.1. The maximum absolute atomic E-state index is 5.19. The maximum atomic E-state index is 5.19. The van der Waals surface area contributed by atoms with Crippen LogP contribution in [-0.4, -0.2) is 37.2 Å². The molecule has 1 aromatic rings. The van der Waals surface area contributed by atoms with Gasteiger partial charge in [0.25, 0.3) is 0 Å². The van der Waals surface area contributed by atoms with Crippen molar-refractivity contribution >= 4 is 17.3 Å². The summed E-state index contributed by atoms with van der Waals surface area (Å²) in [6.45, 7) is 5.11. The summed E-state index contributed by atoms with van der Waals surface area (Å²) in [6.07, 6.45) is 1.79. The summed E-state index contributed by atoms with van der Waals surface area (Å²) in [5.41, 5.74) is 1.28. The lowest BCUT2D eigenvalue weighted by Gasteiger charge is -2.25. The number of nitrogens with one attached hydrogen (secondary N) is 2. The van der Waals surface area contributed by atoms with E-state index >= 15 is 0 Å². The molecule has 98 valence electrons. The number of benzene rings is 1. The molecule has 0 heterocycles. The second-order valence-electron chi connectivity index (χ2n) is 4.27. The lowest BCUT2D eigenvalue weighted by Crippen LogP contribution is -2.40. The Morgan fingerprint density at radius 1 is 1.33 bits per heavy atom. The van der Waals surface area contributed by atoms with E-state index in [1.807, 2.05) is 6.07 Å². The molecule has 0 fully saturated rings. The predicted molar refractivity (Wildman–Crippen MR) is 81.7 cm³/mol. The number of likely N-dealkylation sites (N-methyl/N-ethyl adjacent to an activating group) is 1. The minimum absolute atomic E-state index is 0.301. The minimum Gasteiger partial charge on any atom is -0.361 e. The van der Waals surface area contributed by atoms with E-state index < -0.39 is 0 Å². The molecule has 0 saturated carbocycles. The van der Waals surface area contributed by atoms with Gasteiger partial charge in [-0.1, -0.05) is 36.4 Å². The van der Waals surface area contributed by atoms with Crippen LogP contribution < -0.4 is 10.6 Å². The molecule has 0 aliphatic heterocycles. The van der Waals surface area contributed by atoms with Gasteiger partial charge in [-0.15, -0.1) is 6.58 Å². The van der Waals surface area contributed by atoms with E-state index in [1.165, 1.54) is 5.56 Å². The molecule has 0 amide bonds.